The van der Waals surface area contributed by atoms with Gasteiger partial charge in [0.15, 0.2) is 0 Å². The van der Waals surface area contributed by atoms with Crippen molar-refractivity contribution in [2.45, 2.75) is 33.2 Å². The molecule has 17 heavy (non-hydrogen) atoms. The summed E-state index contributed by atoms with van der Waals surface area (Å²) in [5.41, 5.74) is 0.819. The lowest BCUT2D eigenvalue weighted by Gasteiger charge is -2.25. The molecule has 1 aromatic rings. The second-order valence-electron chi connectivity index (χ2n) is 4.83. The number of halogens is 1. The highest BCUT2D eigenvalue weighted by atomic mass is 79.9. The van der Waals surface area contributed by atoms with Crippen LogP contribution < -0.4 is 5.32 Å². The van der Waals surface area contributed by atoms with Crippen LogP contribution in [0.25, 0.3) is 0 Å². The standard InChI is InChI=1S/C14H20BrNO/c1-4-14(2,3)13(17)16-12(10-15)11-8-6-5-7-9-11/h5-9,12H,4,10H2,1-3H3,(H,16,17). The average Bonchev–Trinajstić information content (AvgIpc) is 2.36. The van der Waals surface area contributed by atoms with Crippen molar-refractivity contribution in [2.75, 3.05) is 5.33 Å². The van der Waals surface area contributed by atoms with E-state index in [1.54, 1.807) is 0 Å². The molecule has 0 radical (unpaired) electrons. The number of carbonyl (C=O) groups excluding carboxylic acids is 1. The normalized spacial score (nSPS) is 13.2. The summed E-state index contributed by atoms with van der Waals surface area (Å²) in [5.74, 6) is 0.105. The van der Waals surface area contributed by atoms with Crippen LogP contribution in [-0.2, 0) is 4.79 Å². The number of benzene rings is 1. The molecule has 1 amide bonds. The second kappa shape index (κ2) is 6.20. The van der Waals surface area contributed by atoms with Gasteiger partial charge in [-0.15, -0.1) is 0 Å². The zero-order valence-electron chi connectivity index (χ0n) is 10.7. The van der Waals surface area contributed by atoms with E-state index in [9.17, 15) is 4.79 Å². The van der Waals surface area contributed by atoms with E-state index in [1.807, 2.05) is 51.1 Å². The van der Waals surface area contributed by atoms with Crippen molar-refractivity contribution in [2.24, 2.45) is 5.41 Å². The molecule has 1 rings (SSSR count). The Morgan fingerprint density at radius 3 is 2.41 bits per heavy atom. The zero-order chi connectivity index (χ0) is 12.9. The van der Waals surface area contributed by atoms with Crippen molar-refractivity contribution in [3.8, 4) is 0 Å². The van der Waals surface area contributed by atoms with Gasteiger partial charge in [-0.05, 0) is 12.0 Å². The molecule has 1 N–H and O–H groups in total. The van der Waals surface area contributed by atoms with E-state index in [0.29, 0.717) is 0 Å². The number of nitrogens with one attached hydrogen (secondary N) is 1. The van der Waals surface area contributed by atoms with Gasteiger partial charge in [0, 0.05) is 10.7 Å². The summed E-state index contributed by atoms with van der Waals surface area (Å²) in [6.45, 7) is 5.97. The van der Waals surface area contributed by atoms with Crippen LogP contribution in [0.2, 0.25) is 0 Å². The summed E-state index contributed by atoms with van der Waals surface area (Å²) in [6.07, 6.45) is 0.836. The highest BCUT2D eigenvalue weighted by Crippen LogP contribution is 2.23. The number of hydrogen-bond acceptors (Lipinski definition) is 1. The number of amides is 1. The Kier molecular flexibility index (Phi) is 5.19. The largest absolute Gasteiger partial charge is 0.348 e. The van der Waals surface area contributed by atoms with Gasteiger partial charge in [-0.1, -0.05) is 67.0 Å². The second-order valence-corrected chi connectivity index (χ2v) is 5.48. The monoisotopic (exact) mass is 297 g/mol. The predicted octanol–water partition coefficient (Wildman–Crippen LogP) is 3.68. The predicted molar refractivity (Wildman–Crippen MR) is 75.2 cm³/mol. The van der Waals surface area contributed by atoms with Gasteiger partial charge in [-0.25, -0.2) is 0 Å². The Hall–Kier alpha value is -0.830. The van der Waals surface area contributed by atoms with E-state index in [-0.39, 0.29) is 17.4 Å². The molecule has 3 heteroatoms. The molecular weight excluding hydrogens is 278 g/mol. The third-order valence-corrected chi connectivity index (χ3v) is 3.81. The topological polar surface area (TPSA) is 29.1 Å². The molecule has 2 nitrogen and oxygen atoms in total. The van der Waals surface area contributed by atoms with Crippen molar-refractivity contribution in [3.05, 3.63) is 35.9 Å². The SMILES string of the molecule is CCC(C)(C)C(=O)NC(CBr)c1ccccc1. The fraction of sp³-hybridized carbons (Fsp3) is 0.500. The molecule has 0 aromatic heterocycles. The van der Waals surface area contributed by atoms with Gasteiger partial charge < -0.3 is 5.32 Å². The fourth-order valence-corrected chi connectivity index (χ4v) is 1.95. The van der Waals surface area contributed by atoms with E-state index < -0.39 is 0 Å². The Bertz CT molecular complexity index is 362. The van der Waals surface area contributed by atoms with E-state index in [0.717, 1.165) is 17.3 Å². The van der Waals surface area contributed by atoms with E-state index >= 15 is 0 Å². The lowest BCUT2D eigenvalue weighted by Crippen LogP contribution is -2.39. The van der Waals surface area contributed by atoms with Crippen LogP contribution in [0.15, 0.2) is 30.3 Å². The molecule has 1 atom stereocenters. The molecule has 0 fully saturated rings. The van der Waals surface area contributed by atoms with Gasteiger partial charge in [0.2, 0.25) is 5.91 Å². The molecule has 1 unspecified atom stereocenters. The van der Waals surface area contributed by atoms with Crippen molar-refractivity contribution >= 4 is 21.8 Å². The maximum Gasteiger partial charge on any atom is 0.226 e. The number of hydrogen-bond donors (Lipinski definition) is 1. The van der Waals surface area contributed by atoms with Crippen LogP contribution >= 0.6 is 15.9 Å². The first-order chi connectivity index (χ1) is 8.01. The molecule has 0 bridgehead atoms. The van der Waals surface area contributed by atoms with Crippen molar-refractivity contribution < 1.29 is 4.79 Å². The maximum absolute atomic E-state index is 12.1. The molecule has 0 saturated carbocycles. The molecule has 0 aliphatic carbocycles. The van der Waals surface area contributed by atoms with Crippen LogP contribution in [0, 0.1) is 5.41 Å². The lowest BCUT2D eigenvalue weighted by molar-refractivity contribution is -0.130. The zero-order valence-corrected chi connectivity index (χ0v) is 12.3. The Labute approximate surface area is 112 Å². The molecule has 0 saturated heterocycles. The van der Waals surface area contributed by atoms with Crippen LogP contribution in [0.4, 0.5) is 0 Å². The summed E-state index contributed by atoms with van der Waals surface area (Å²) in [4.78, 5) is 12.1. The quantitative estimate of drug-likeness (QED) is 0.826. The summed E-state index contributed by atoms with van der Waals surface area (Å²) >= 11 is 3.45. The highest BCUT2D eigenvalue weighted by Gasteiger charge is 2.27. The van der Waals surface area contributed by atoms with Crippen LogP contribution in [0.1, 0.15) is 38.8 Å². The first-order valence-corrected chi connectivity index (χ1v) is 7.05. The minimum Gasteiger partial charge on any atom is -0.348 e. The smallest absolute Gasteiger partial charge is 0.226 e. The van der Waals surface area contributed by atoms with Gasteiger partial charge in [0.1, 0.15) is 0 Å². The third kappa shape index (κ3) is 3.84. The Morgan fingerprint density at radius 2 is 1.94 bits per heavy atom. The van der Waals surface area contributed by atoms with Crippen LogP contribution in [0.5, 0.6) is 0 Å². The first-order valence-electron chi connectivity index (χ1n) is 5.93. The van der Waals surface area contributed by atoms with Crippen molar-refractivity contribution in [3.63, 3.8) is 0 Å². The minimum atomic E-state index is -0.310. The summed E-state index contributed by atoms with van der Waals surface area (Å²) in [7, 11) is 0. The molecule has 94 valence electrons. The van der Waals surface area contributed by atoms with Gasteiger partial charge in [-0.2, -0.15) is 0 Å². The summed E-state index contributed by atoms with van der Waals surface area (Å²) < 4.78 is 0. The highest BCUT2D eigenvalue weighted by molar-refractivity contribution is 9.09. The van der Waals surface area contributed by atoms with Crippen LogP contribution in [0.3, 0.4) is 0 Å². The lowest BCUT2D eigenvalue weighted by atomic mass is 9.89. The van der Waals surface area contributed by atoms with E-state index in [2.05, 4.69) is 21.2 Å². The molecule has 0 spiro atoms. The number of alkyl halides is 1. The third-order valence-electron chi connectivity index (χ3n) is 3.16. The van der Waals surface area contributed by atoms with E-state index in [1.165, 1.54) is 0 Å². The van der Waals surface area contributed by atoms with Gasteiger partial charge in [0.25, 0.3) is 0 Å². The minimum absolute atomic E-state index is 0.0366. The summed E-state index contributed by atoms with van der Waals surface area (Å²) in [5, 5.41) is 3.81. The number of rotatable bonds is 5. The Morgan fingerprint density at radius 1 is 1.35 bits per heavy atom. The van der Waals surface area contributed by atoms with Crippen molar-refractivity contribution in [1.82, 2.24) is 5.32 Å². The molecular formula is C14H20BrNO. The van der Waals surface area contributed by atoms with Gasteiger partial charge in [-0.3, -0.25) is 4.79 Å². The average molecular weight is 298 g/mol. The fourth-order valence-electron chi connectivity index (χ4n) is 1.41. The van der Waals surface area contributed by atoms with E-state index in [4.69, 9.17) is 0 Å². The molecule has 0 aliphatic heterocycles. The molecule has 0 heterocycles. The Balaban J connectivity index is 2.75. The molecule has 1 aromatic carbocycles. The van der Waals surface area contributed by atoms with Gasteiger partial charge in [0.05, 0.1) is 6.04 Å². The van der Waals surface area contributed by atoms with Gasteiger partial charge >= 0.3 is 0 Å². The number of carbonyl (C=O) groups is 1. The van der Waals surface area contributed by atoms with Crippen molar-refractivity contribution in [1.29, 1.82) is 0 Å². The molecule has 0 aliphatic rings. The first kappa shape index (κ1) is 14.2. The van der Waals surface area contributed by atoms with Crippen LogP contribution in [-0.4, -0.2) is 11.2 Å². The maximum atomic E-state index is 12.1. The summed E-state index contributed by atoms with van der Waals surface area (Å²) in [6, 6.07) is 10.1.